The fourth-order valence-electron chi connectivity index (χ4n) is 3.64. The molecule has 1 aromatic carbocycles. The van der Waals surface area contributed by atoms with Gasteiger partial charge in [0.05, 0.1) is 11.5 Å². The SMILES string of the molecule is C/C(=C/c1ccccc1)C(=O)NC1CCN([C@H]2CCS(=O)(=O)C2)CC1. The third-order valence-electron chi connectivity index (χ3n) is 5.13. The van der Waals surface area contributed by atoms with Crippen LogP contribution in [0.4, 0.5) is 0 Å². The lowest BCUT2D eigenvalue weighted by atomic mass is 10.0. The number of nitrogens with one attached hydrogen (secondary N) is 1. The van der Waals surface area contributed by atoms with Gasteiger partial charge in [-0.05, 0) is 37.8 Å². The predicted octanol–water partition coefficient (Wildman–Crippen LogP) is 1.86. The van der Waals surface area contributed by atoms with Crippen molar-refractivity contribution in [3.63, 3.8) is 0 Å². The van der Waals surface area contributed by atoms with E-state index in [2.05, 4.69) is 10.2 Å². The van der Waals surface area contributed by atoms with E-state index >= 15 is 0 Å². The highest BCUT2D eigenvalue weighted by molar-refractivity contribution is 7.91. The van der Waals surface area contributed by atoms with Gasteiger partial charge in [-0.1, -0.05) is 30.3 Å². The van der Waals surface area contributed by atoms with Crippen molar-refractivity contribution in [1.82, 2.24) is 10.2 Å². The normalized spacial score (nSPS) is 25.0. The molecule has 2 aliphatic heterocycles. The van der Waals surface area contributed by atoms with E-state index in [9.17, 15) is 13.2 Å². The Morgan fingerprint density at radius 3 is 2.44 bits per heavy atom. The monoisotopic (exact) mass is 362 g/mol. The molecule has 136 valence electrons. The maximum absolute atomic E-state index is 12.4. The van der Waals surface area contributed by atoms with Crippen LogP contribution in [0.3, 0.4) is 0 Å². The van der Waals surface area contributed by atoms with Crippen LogP contribution in [0.5, 0.6) is 0 Å². The van der Waals surface area contributed by atoms with E-state index in [4.69, 9.17) is 0 Å². The second-order valence-corrected chi connectivity index (χ2v) is 9.31. The lowest BCUT2D eigenvalue weighted by Gasteiger charge is -2.35. The molecule has 1 N–H and O–H groups in total. The van der Waals surface area contributed by atoms with Gasteiger partial charge in [-0.15, -0.1) is 0 Å². The summed E-state index contributed by atoms with van der Waals surface area (Å²) >= 11 is 0. The van der Waals surface area contributed by atoms with Crippen LogP contribution in [0.1, 0.15) is 31.7 Å². The first-order chi connectivity index (χ1) is 11.9. The summed E-state index contributed by atoms with van der Waals surface area (Å²) in [6.07, 6.45) is 4.40. The highest BCUT2D eigenvalue weighted by atomic mass is 32.2. The number of amides is 1. The molecule has 25 heavy (non-hydrogen) atoms. The van der Waals surface area contributed by atoms with Crippen LogP contribution in [-0.2, 0) is 14.6 Å². The number of carbonyl (C=O) groups is 1. The van der Waals surface area contributed by atoms with Crippen molar-refractivity contribution < 1.29 is 13.2 Å². The molecule has 1 atom stereocenters. The molecule has 0 unspecified atom stereocenters. The number of hydrogen-bond acceptors (Lipinski definition) is 4. The zero-order valence-corrected chi connectivity index (χ0v) is 15.5. The Hall–Kier alpha value is -1.66. The number of likely N-dealkylation sites (tertiary alicyclic amines) is 1. The molecule has 0 radical (unpaired) electrons. The summed E-state index contributed by atoms with van der Waals surface area (Å²) in [6.45, 7) is 3.54. The van der Waals surface area contributed by atoms with Gasteiger partial charge in [0.25, 0.3) is 0 Å². The fraction of sp³-hybridized carbons (Fsp3) is 0.526. The first-order valence-electron chi connectivity index (χ1n) is 8.92. The van der Waals surface area contributed by atoms with Gasteiger partial charge in [0.15, 0.2) is 9.84 Å². The Labute approximate surface area is 150 Å². The maximum atomic E-state index is 12.4. The van der Waals surface area contributed by atoms with Crippen molar-refractivity contribution in [2.45, 2.75) is 38.3 Å². The van der Waals surface area contributed by atoms with Crippen LogP contribution >= 0.6 is 0 Å². The van der Waals surface area contributed by atoms with Crippen molar-refractivity contribution in [3.8, 4) is 0 Å². The van der Waals surface area contributed by atoms with E-state index in [0.717, 1.165) is 37.9 Å². The summed E-state index contributed by atoms with van der Waals surface area (Å²) in [4.78, 5) is 14.6. The molecular formula is C19H26N2O3S. The second-order valence-electron chi connectivity index (χ2n) is 7.08. The topological polar surface area (TPSA) is 66.5 Å². The Morgan fingerprint density at radius 1 is 1.16 bits per heavy atom. The summed E-state index contributed by atoms with van der Waals surface area (Å²) in [6, 6.07) is 10.2. The first-order valence-corrected chi connectivity index (χ1v) is 10.7. The smallest absolute Gasteiger partial charge is 0.247 e. The van der Waals surface area contributed by atoms with E-state index in [1.165, 1.54) is 0 Å². The minimum absolute atomic E-state index is 0.0225. The number of sulfone groups is 1. The molecule has 3 rings (SSSR count). The summed E-state index contributed by atoms with van der Waals surface area (Å²) < 4.78 is 23.3. The minimum atomic E-state index is -2.84. The number of hydrogen-bond donors (Lipinski definition) is 1. The van der Waals surface area contributed by atoms with E-state index in [1.54, 1.807) is 0 Å². The van der Waals surface area contributed by atoms with Gasteiger partial charge in [0, 0.05) is 30.7 Å². The Kier molecular flexibility index (Phi) is 5.59. The quantitative estimate of drug-likeness (QED) is 0.830. The van der Waals surface area contributed by atoms with Crippen LogP contribution in [0.2, 0.25) is 0 Å². The number of piperidine rings is 1. The Bertz CT molecular complexity index is 735. The number of rotatable bonds is 4. The Balaban J connectivity index is 1.49. The maximum Gasteiger partial charge on any atom is 0.247 e. The molecule has 5 nitrogen and oxygen atoms in total. The summed E-state index contributed by atoms with van der Waals surface area (Å²) in [5.74, 6) is 0.589. The van der Waals surface area contributed by atoms with Gasteiger partial charge in [-0.2, -0.15) is 0 Å². The summed E-state index contributed by atoms with van der Waals surface area (Å²) in [5, 5.41) is 3.11. The van der Waals surface area contributed by atoms with Crippen LogP contribution in [0.15, 0.2) is 35.9 Å². The second kappa shape index (κ2) is 7.70. The molecule has 2 fully saturated rings. The lowest BCUT2D eigenvalue weighted by Crippen LogP contribution is -2.48. The van der Waals surface area contributed by atoms with Gasteiger partial charge in [-0.25, -0.2) is 8.42 Å². The van der Waals surface area contributed by atoms with E-state index in [0.29, 0.717) is 17.1 Å². The number of nitrogens with zero attached hydrogens (tertiary/aromatic N) is 1. The van der Waals surface area contributed by atoms with E-state index in [-0.39, 0.29) is 18.0 Å². The number of carbonyl (C=O) groups excluding carboxylic acids is 1. The third kappa shape index (κ3) is 4.92. The van der Waals surface area contributed by atoms with Crippen molar-refractivity contribution in [2.75, 3.05) is 24.6 Å². The van der Waals surface area contributed by atoms with Gasteiger partial charge >= 0.3 is 0 Å². The summed E-state index contributed by atoms with van der Waals surface area (Å²) in [5.41, 5.74) is 1.72. The van der Waals surface area contributed by atoms with Crippen LogP contribution in [-0.4, -0.2) is 55.9 Å². The van der Waals surface area contributed by atoms with Crippen LogP contribution in [0.25, 0.3) is 6.08 Å². The Morgan fingerprint density at radius 2 is 1.84 bits per heavy atom. The van der Waals surface area contributed by atoms with Gasteiger partial charge < -0.3 is 5.32 Å². The van der Waals surface area contributed by atoms with Crippen molar-refractivity contribution >= 4 is 21.8 Å². The standard InChI is InChI=1S/C19H26N2O3S/c1-15(13-16-5-3-2-4-6-16)19(22)20-17-7-10-21(11-8-17)18-9-12-25(23,24)14-18/h2-6,13,17-18H,7-12,14H2,1H3,(H,20,22)/b15-13-/t18-/m0/s1. The molecule has 0 spiro atoms. The third-order valence-corrected chi connectivity index (χ3v) is 6.88. The zero-order chi connectivity index (χ0) is 17.9. The molecule has 1 aromatic rings. The molecule has 2 heterocycles. The largest absolute Gasteiger partial charge is 0.349 e. The number of benzene rings is 1. The van der Waals surface area contributed by atoms with Gasteiger partial charge in [-0.3, -0.25) is 9.69 Å². The van der Waals surface area contributed by atoms with E-state index in [1.807, 2.05) is 43.3 Å². The predicted molar refractivity (Wildman–Crippen MR) is 99.9 cm³/mol. The molecule has 2 aliphatic rings. The molecule has 0 aliphatic carbocycles. The molecular weight excluding hydrogens is 336 g/mol. The van der Waals surface area contributed by atoms with Crippen molar-refractivity contribution in [2.24, 2.45) is 0 Å². The molecule has 1 amide bonds. The van der Waals surface area contributed by atoms with Crippen LogP contribution < -0.4 is 5.32 Å². The van der Waals surface area contributed by atoms with Crippen molar-refractivity contribution in [1.29, 1.82) is 0 Å². The van der Waals surface area contributed by atoms with Gasteiger partial charge in [0.1, 0.15) is 0 Å². The fourth-order valence-corrected chi connectivity index (χ4v) is 5.40. The van der Waals surface area contributed by atoms with Crippen molar-refractivity contribution in [3.05, 3.63) is 41.5 Å². The lowest BCUT2D eigenvalue weighted by molar-refractivity contribution is -0.118. The van der Waals surface area contributed by atoms with Gasteiger partial charge in [0.2, 0.25) is 5.91 Å². The average molecular weight is 362 g/mol. The zero-order valence-electron chi connectivity index (χ0n) is 14.6. The highest BCUT2D eigenvalue weighted by Gasteiger charge is 2.34. The average Bonchev–Trinajstić information content (AvgIpc) is 2.96. The molecule has 0 bridgehead atoms. The molecule has 0 aromatic heterocycles. The summed E-state index contributed by atoms with van der Waals surface area (Å²) in [7, 11) is -2.84. The molecule has 0 saturated carbocycles. The highest BCUT2D eigenvalue weighted by Crippen LogP contribution is 2.22. The molecule has 2 saturated heterocycles. The minimum Gasteiger partial charge on any atom is -0.349 e. The first kappa shape index (κ1) is 18.1. The van der Waals surface area contributed by atoms with Crippen LogP contribution in [0, 0.1) is 0 Å². The molecule has 6 heteroatoms. The van der Waals surface area contributed by atoms with E-state index < -0.39 is 9.84 Å².